The molecule has 0 bridgehead atoms. The summed E-state index contributed by atoms with van der Waals surface area (Å²) in [6.45, 7) is 3.03. The number of carbonyl (C=O) groups excluding carboxylic acids is 1. The van der Waals surface area contributed by atoms with E-state index in [0.717, 1.165) is 32.5 Å². The lowest BCUT2D eigenvalue weighted by molar-refractivity contribution is -0.130. The third-order valence-corrected chi connectivity index (χ3v) is 3.23. The van der Waals surface area contributed by atoms with E-state index >= 15 is 0 Å². The van der Waals surface area contributed by atoms with Gasteiger partial charge in [0.2, 0.25) is 5.91 Å². The number of rotatable bonds is 7. The molecule has 1 heterocycles. The first-order valence-corrected chi connectivity index (χ1v) is 6.54. The number of nitrogens with zero attached hydrogens (tertiary/aromatic N) is 3. The van der Waals surface area contributed by atoms with Crippen LogP contribution in [0.5, 0.6) is 0 Å². The summed E-state index contributed by atoms with van der Waals surface area (Å²) in [5.74, 6) is 0.101. The molecule has 1 unspecified atom stereocenters. The van der Waals surface area contributed by atoms with Gasteiger partial charge in [-0.3, -0.25) is 4.79 Å². The summed E-state index contributed by atoms with van der Waals surface area (Å²) in [5.41, 5.74) is 0. The molecular weight excluding hydrogens is 230 g/mol. The predicted octanol–water partition coefficient (Wildman–Crippen LogP) is 0.859. The van der Waals surface area contributed by atoms with Crippen LogP contribution in [0.25, 0.3) is 0 Å². The van der Waals surface area contributed by atoms with Gasteiger partial charge in [-0.2, -0.15) is 5.26 Å². The van der Waals surface area contributed by atoms with Gasteiger partial charge in [0.25, 0.3) is 0 Å². The minimum absolute atomic E-state index is 0.101. The molecule has 5 heteroatoms. The Labute approximate surface area is 109 Å². The minimum Gasteiger partial charge on any atom is -0.377 e. The Hall–Kier alpha value is -1.12. The van der Waals surface area contributed by atoms with Gasteiger partial charge in [0, 0.05) is 39.7 Å². The Morgan fingerprint density at radius 1 is 1.44 bits per heavy atom. The monoisotopic (exact) mass is 253 g/mol. The van der Waals surface area contributed by atoms with E-state index in [-0.39, 0.29) is 5.91 Å². The number of likely N-dealkylation sites (N-methyl/N-ethyl adjacent to an activating group) is 1. The van der Waals surface area contributed by atoms with Gasteiger partial charge >= 0.3 is 0 Å². The van der Waals surface area contributed by atoms with E-state index in [9.17, 15) is 4.79 Å². The van der Waals surface area contributed by atoms with Crippen LogP contribution >= 0.6 is 0 Å². The van der Waals surface area contributed by atoms with E-state index in [2.05, 4.69) is 4.90 Å². The lowest BCUT2D eigenvalue weighted by atomic mass is 10.2. The van der Waals surface area contributed by atoms with E-state index in [4.69, 9.17) is 10.00 Å². The van der Waals surface area contributed by atoms with Gasteiger partial charge in [0.15, 0.2) is 0 Å². The van der Waals surface area contributed by atoms with Crippen molar-refractivity contribution in [1.82, 2.24) is 9.80 Å². The van der Waals surface area contributed by atoms with Crippen LogP contribution in [0.2, 0.25) is 0 Å². The molecule has 1 fully saturated rings. The Balaban J connectivity index is 2.14. The normalized spacial score (nSPS) is 18.9. The lowest BCUT2D eigenvalue weighted by Crippen LogP contribution is -2.34. The maximum atomic E-state index is 11.7. The van der Waals surface area contributed by atoms with E-state index in [1.165, 1.54) is 0 Å². The van der Waals surface area contributed by atoms with E-state index in [1.54, 1.807) is 11.9 Å². The SMILES string of the molecule is CN(CCC(=O)N(C)CCC#N)CC1CCCO1. The third kappa shape index (κ3) is 5.48. The van der Waals surface area contributed by atoms with E-state index < -0.39 is 0 Å². The van der Waals surface area contributed by atoms with Gasteiger partial charge < -0.3 is 14.5 Å². The first-order chi connectivity index (χ1) is 8.63. The Morgan fingerprint density at radius 3 is 2.83 bits per heavy atom. The second kappa shape index (κ2) is 8.06. The molecule has 18 heavy (non-hydrogen) atoms. The van der Waals surface area contributed by atoms with Crippen molar-refractivity contribution >= 4 is 5.91 Å². The second-order valence-electron chi connectivity index (χ2n) is 4.87. The molecule has 1 atom stereocenters. The zero-order valence-electron chi connectivity index (χ0n) is 11.4. The fourth-order valence-corrected chi connectivity index (χ4v) is 2.05. The van der Waals surface area contributed by atoms with Crippen molar-refractivity contribution in [2.24, 2.45) is 0 Å². The molecule has 1 rings (SSSR count). The largest absolute Gasteiger partial charge is 0.377 e. The second-order valence-corrected chi connectivity index (χ2v) is 4.87. The first-order valence-electron chi connectivity index (χ1n) is 6.54. The fraction of sp³-hybridized carbons (Fsp3) is 0.846. The van der Waals surface area contributed by atoms with Crippen LogP contribution in [-0.4, -0.2) is 62.1 Å². The molecule has 0 saturated carbocycles. The van der Waals surface area contributed by atoms with Gasteiger partial charge in [-0.15, -0.1) is 0 Å². The van der Waals surface area contributed by atoms with Crippen molar-refractivity contribution in [3.05, 3.63) is 0 Å². The average molecular weight is 253 g/mol. The van der Waals surface area contributed by atoms with E-state index in [1.807, 2.05) is 13.1 Å². The Morgan fingerprint density at radius 2 is 2.22 bits per heavy atom. The summed E-state index contributed by atoms with van der Waals surface area (Å²) in [4.78, 5) is 15.5. The zero-order chi connectivity index (χ0) is 13.4. The van der Waals surface area contributed by atoms with Crippen LogP contribution in [0.15, 0.2) is 0 Å². The van der Waals surface area contributed by atoms with Crippen LogP contribution in [-0.2, 0) is 9.53 Å². The molecule has 102 valence electrons. The summed E-state index contributed by atoms with van der Waals surface area (Å²) < 4.78 is 5.56. The number of nitriles is 1. The third-order valence-electron chi connectivity index (χ3n) is 3.23. The zero-order valence-corrected chi connectivity index (χ0v) is 11.4. The van der Waals surface area contributed by atoms with Gasteiger partial charge in [-0.25, -0.2) is 0 Å². The van der Waals surface area contributed by atoms with Crippen LogP contribution in [0.4, 0.5) is 0 Å². The Kier molecular flexibility index (Phi) is 6.69. The van der Waals surface area contributed by atoms with Crippen molar-refractivity contribution in [3.8, 4) is 6.07 Å². The van der Waals surface area contributed by atoms with Crippen molar-refractivity contribution in [1.29, 1.82) is 5.26 Å². The van der Waals surface area contributed by atoms with Crippen LogP contribution < -0.4 is 0 Å². The molecule has 0 aromatic carbocycles. The standard InChI is InChI=1S/C13H23N3O2/c1-15(11-12-5-3-10-18-12)9-6-13(17)16(2)8-4-7-14/h12H,3-6,8-11H2,1-2H3. The Bertz CT molecular complexity index is 295. The topological polar surface area (TPSA) is 56.6 Å². The van der Waals surface area contributed by atoms with Crippen molar-refractivity contribution < 1.29 is 9.53 Å². The molecule has 1 aliphatic heterocycles. The highest BCUT2D eigenvalue weighted by atomic mass is 16.5. The molecule has 1 saturated heterocycles. The number of amides is 1. The molecular formula is C13H23N3O2. The van der Waals surface area contributed by atoms with Crippen LogP contribution in [0, 0.1) is 11.3 Å². The summed E-state index contributed by atoms with van der Waals surface area (Å²) in [6, 6.07) is 2.05. The maximum Gasteiger partial charge on any atom is 0.223 e. The minimum atomic E-state index is 0.101. The average Bonchev–Trinajstić information content (AvgIpc) is 2.85. The number of carbonyl (C=O) groups is 1. The van der Waals surface area contributed by atoms with Gasteiger partial charge in [-0.1, -0.05) is 0 Å². The first kappa shape index (κ1) is 14.9. The predicted molar refractivity (Wildman–Crippen MR) is 69.0 cm³/mol. The molecule has 0 radical (unpaired) electrons. The van der Waals surface area contributed by atoms with Crippen LogP contribution in [0.3, 0.4) is 0 Å². The lowest BCUT2D eigenvalue weighted by Gasteiger charge is -2.22. The molecule has 1 amide bonds. The van der Waals surface area contributed by atoms with Gasteiger partial charge in [0.1, 0.15) is 0 Å². The fourth-order valence-electron chi connectivity index (χ4n) is 2.05. The molecule has 0 N–H and O–H groups in total. The van der Waals surface area contributed by atoms with Gasteiger partial charge in [-0.05, 0) is 19.9 Å². The summed E-state index contributed by atoms with van der Waals surface area (Å²) in [5, 5.41) is 8.46. The summed E-state index contributed by atoms with van der Waals surface area (Å²) in [6.07, 6.45) is 3.51. The summed E-state index contributed by atoms with van der Waals surface area (Å²) >= 11 is 0. The van der Waals surface area contributed by atoms with Crippen LogP contribution in [0.1, 0.15) is 25.7 Å². The molecule has 0 aliphatic carbocycles. The number of ether oxygens (including phenoxy) is 1. The molecule has 0 aromatic heterocycles. The highest BCUT2D eigenvalue weighted by Crippen LogP contribution is 2.12. The van der Waals surface area contributed by atoms with Crippen molar-refractivity contribution in [2.75, 3.05) is 40.3 Å². The van der Waals surface area contributed by atoms with Crippen molar-refractivity contribution in [3.63, 3.8) is 0 Å². The summed E-state index contributed by atoms with van der Waals surface area (Å²) in [7, 11) is 3.77. The highest BCUT2D eigenvalue weighted by Gasteiger charge is 2.18. The smallest absolute Gasteiger partial charge is 0.223 e. The maximum absolute atomic E-state index is 11.7. The van der Waals surface area contributed by atoms with Gasteiger partial charge in [0.05, 0.1) is 18.6 Å². The number of hydrogen-bond donors (Lipinski definition) is 0. The van der Waals surface area contributed by atoms with Crippen molar-refractivity contribution in [2.45, 2.75) is 31.8 Å². The molecule has 0 aromatic rings. The van der Waals surface area contributed by atoms with E-state index in [0.29, 0.717) is 25.5 Å². The molecule has 0 spiro atoms. The highest BCUT2D eigenvalue weighted by molar-refractivity contribution is 5.76. The molecule has 1 aliphatic rings. The molecule has 5 nitrogen and oxygen atoms in total. The quantitative estimate of drug-likeness (QED) is 0.675. The number of hydrogen-bond acceptors (Lipinski definition) is 4.